The predicted octanol–water partition coefficient (Wildman–Crippen LogP) is 2.15. The first-order valence-electron chi connectivity index (χ1n) is 6.24. The molecule has 0 saturated carbocycles. The van der Waals surface area contributed by atoms with E-state index in [2.05, 4.69) is 4.72 Å². The Morgan fingerprint density at radius 1 is 1.30 bits per heavy atom. The van der Waals surface area contributed by atoms with Gasteiger partial charge in [0.15, 0.2) is 0 Å². The molecule has 112 valence electrons. The van der Waals surface area contributed by atoms with E-state index in [1.807, 2.05) is 0 Å². The fraction of sp³-hybridized carbons (Fsp3) is 0.462. The molecule has 0 heterocycles. The van der Waals surface area contributed by atoms with E-state index in [0.29, 0.717) is 30.0 Å². The number of rotatable bonds is 7. The van der Waals surface area contributed by atoms with Gasteiger partial charge in [0.25, 0.3) is 5.91 Å². The van der Waals surface area contributed by atoms with Crippen LogP contribution in [0.5, 0.6) is 0 Å². The summed E-state index contributed by atoms with van der Waals surface area (Å²) in [5.41, 5.74) is 0.833. The van der Waals surface area contributed by atoms with Crippen LogP contribution in [0.4, 0.5) is 5.69 Å². The van der Waals surface area contributed by atoms with E-state index in [1.165, 1.54) is 11.0 Å². The lowest BCUT2D eigenvalue weighted by molar-refractivity contribution is 0.0827. The second kappa shape index (κ2) is 7.50. The fourth-order valence-electron chi connectivity index (χ4n) is 1.59. The van der Waals surface area contributed by atoms with Gasteiger partial charge in [-0.25, -0.2) is 8.42 Å². The number of nitrogens with one attached hydrogen (secondary N) is 1. The molecule has 20 heavy (non-hydrogen) atoms. The Hall–Kier alpha value is -1.27. The largest absolute Gasteiger partial charge is 0.345 e. The van der Waals surface area contributed by atoms with Crippen molar-refractivity contribution in [3.8, 4) is 0 Å². The Bertz CT molecular complexity index is 558. The zero-order valence-corrected chi connectivity index (χ0v) is 13.2. The number of alkyl halides is 1. The topological polar surface area (TPSA) is 66.5 Å². The fourth-order valence-corrected chi connectivity index (χ4v) is 2.95. The first kappa shape index (κ1) is 16.8. The number of hydrogen-bond acceptors (Lipinski definition) is 3. The lowest BCUT2D eigenvalue weighted by Gasteiger charge is -2.12. The van der Waals surface area contributed by atoms with Gasteiger partial charge in [-0.05, 0) is 31.0 Å². The summed E-state index contributed by atoms with van der Waals surface area (Å²) in [6, 6.07) is 6.44. The monoisotopic (exact) mass is 318 g/mol. The quantitative estimate of drug-likeness (QED) is 0.619. The van der Waals surface area contributed by atoms with Gasteiger partial charge in [0.1, 0.15) is 0 Å². The first-order chi connectivity index (χ1) is 9.35. The number of nitrogens with zero attached hydrogens (tertiary/aromatic N) is 1. The van der Waals surface area contributed by atoms with Crippen molar-refractivity contribution in [2.45, 2.75) is 12.8 Å². The number of anilines is 1. The molecule has 7 heteroatoms. The van der Waals surface area contributed by atoms with Crippen LogP contribution in [0.15, 0.2) is 24.3 Å². The SMILES string of the molecule is CN(C)C(=O)c1cccc(NS(=O)(=O)CCCCCl)c1. The van der Waals surface area contributed by atoms with E-state index < -0.39 is 10.0 Å². The molecular weight excluding hydrogens is 300 g/mol. The van der Waals surface area contributed by atoms with Gasteiger partial charge in [0, 0.05) is 31.2 Å². The number of hydrogen-bond donors (Lipinski definition) is 1. The van der Waals surface area contributed by atoms with E-state index in [9.17, 15) is 13.2 Å². The van der Waals surface area contributed by atoms with E-state index in [1.54, 1.807) is 32.3 Å². The number of amides is 1. The summed E-state index contributed by atoms with van der Waals surface area (Å²) in [6.45, 7) is 0. The molecule has 1 rings (SSSR count). The van der Waals surface area contributed by atoms with Gasteiger partial charge in [-0.1, -0.05) is 6.07 Å². The minimum Gasteiger partial charge on any atom is -0.345 e. The zero-order valence-electron chi connectivity index (χ0n) is 11.6. The van der Waals surface area contributed by atoms with Gasteiger partial charge >= 0.3 is 0 Å². The molecule has 5 nitrogen and oxygen atoms in total. The summed E-state index contributed by atoms with van der Waals surface area (Å²) in [7, 11) is -0.115. The lowest BCUT2D eigenvalue weighted by atomic mass is 10.2. The summed E-state index contributed by atoms with van der Waals surface area (Å²) in [6.07, 6.45) is 1.16. The molecular formula is C13H19ClN2O3S. The minimum absolute atomic E-state index is 0.0194. The summed E-state index contributed by atoms with van der Waals surface area (Å²) in [5, 5.41) is 0. The highest BCUT2D eigenvalue weighted by Gasteiger charge is 2.12. The van der Waals surface area contributed by atoms with Crippen molar-refractivity contribution >= 4 is 33.2 Å². The highest BCUT2D eigenvalue weighted by molar-refractivity contribution is 7.92. The highest BCUT2D eigenvalue weighted by atomic mass is 35.5. The van der Waals surface area contributed by atoms with Crippen molar-refractivity contribution in [3.05, 3.63) is 29.8 Å². The maximum absolute atomic E-state index is 11.8. The molecule has 0 aliphatic heterocycles. The smallest absolute Gasteiger partial charge is 0.253 e. The van der Waals surface area contributed by atoms with Crippen LogP contribution < -0.4 is 4.72 Å². The Kier molecular flexibility index (Phi) is 6.29. The summed E-state index contributed by atoms with van der Waals surface area (Å²) in [4.78, 5) is 13.2. The molecule has 1 N–H and O–H groups in total. The molecule has 0 aliphatic rings. The van der Waals surface area contributed by atoms with Gasteiger partial charge in [0.05, 0.1) is 5.75 Å². The molecule has 0 atom stereocenters. The van der Waals surface area contributed by atoms with Crippen molar-refractivity contribution in [2.75, 3.05) is 30.5 Å². The Morgan fingerprint density at radius 3 is 2.60 bits per heavy atom. The van der Waals surface area contributed by atoms with E-state index in [0.717, 1.165) is 0 Å². The third kappa shape index (κ3) is 5.38. The van der Waals surface area contributed by atoms with Crippen LogP contribution in [0.1, 0.15) is 23.2 Å². The van der Waals surface area contributed by atoms with Crippen LogP contribution in [0.3, 0.4) is 0 Å². The van der Waals surface area contributed by atoms with Crippen molar-refractivity contribution in [3.63, 3.8) is 0 Å². The van der Waals surface area contributed by atoms with Crippen molar-refractivity contribution < 1.29 is 13.2 Å². The predicted molar refractivity (Wildman–Crippen MR) is 81.8 cm³/mol. The van der Waals surface area contributed by atoms with Crippen LogP contribution in [0, 0.1) is 0 Å². The molecule has 0 aromatic heterocycles. The number of benzene rings is 1. The second-order valence-corrected chi connectivity index (χ2v) is 6.82. The molecule has 0 bridgehead atoms. The van der Waals surface area contributed by atoms with Crippen molar-refractivity contribution in [1.82, 2.24) is 4.90 Å². The summed E-state index contributed by atoms with van der Waals surface area (Å²) in [5.74, 6) is 0.293. The minimum atomic E-state index is -3.40. The van der Waals surface area contributed by atoms with Crippen LogP contribution in [-0.4, -0.2) is 45.0 Å². The average Bonchev–Trinajstić information content (AvgIpc) is 2.37. The zero-order chi connectivity index (χ0) is 15.2. The molecule has 0 radical (unpaired) electrons. The lowest BCUT2D eigenvalue weighted by Crippen LogP contribution is -2.22. The maximum Gasteiger partial charge on any atom is 0.253 e. The molecule has 0 fully saturated rings. The molecule has 1 amide bonds. The molecule has 1 aromatic rings. The van der Waals surface area contributed by atoms with Gasteiger partial charge in [-0.3, -0.25) is 9.52 Å². The highest BCUT2D eigenvalue weighted by Crippen LogP contribution is 2.14. The number of carbonyl (C=O) groups excluding carboxylic acids is 1. The normalized spacial score (nSPS) is 11.2. The molecule has 0 aliphatic carbocycles. The van der Waals surface area contributed by atoms with E-state index in [4.69, 9.17) is 11.6 Å². The van der Waals surface area contributed by atoms with Gasteiger partial charge in [-0.15, -0.1) is 11.6 Å². The van der Waals surface area contributed by atoms with Crippen molar-refractivity contribution in [2.24, 2.45) is 0 Å². The van der Waals surface area contributed by atoms with Crippen LogP contribution in [0.2, 0.25) is 0 Å². The maximum atomic E-state index is 11.8. The molecule has 0 spiro atoms. The molecule has 0 unspecified atom stereocenters. The Labute approximate surface area is 125 Å². The Morgan fingerprint density at radius 2 is 2.00 bits per heavy atom. The molecule has 0 saturated heterocycles. The van der Waals surface area contributed by atoms with E-state index >= 15 is 0 Å². The number of carbonyl (C=O) groups is 1. The third-order valence-electron chi connectivity index (χ3n) is 2.59. The second-order valence-electron chi connectivity index (χ2n) is 4.60. The average molecular weight is 319 g/mol. The number of sulfonamides is 1. The van der Waals surface area contributed by atoms with E-state index in [-0.39, 0.29) is 11.7 Å². The van der Waals surface area contributed by atoms with Gasteiger partial charge in [-0.2, -0.15) is 0 Å². The van der Waals surface area contributed by atoms with Crippen molar-refractivity contribution in [1.29, 1.82) is 0 Å². The van der Waals surface area contributed by atoms with Gasteiger partial charge in [0.2, 0.25) is 10.0 Å². The van der Waals surface area contributed by atoms with Crippen LogP contribution >= 0.6 is 11.6 Å². The Balaban J connectivity index is 2.78. The standard InChI is InChI=1S/C13H19ClN2O3S/c1-16(2)13(17)11-6-5-7-12(10-11)15-20(18,19)9-4-3-8-14/h5-7,10,15H,3-4,8-9H2,1-2H3. The van der Waals surface area contributed by atoms with Gasteiger partial charge < -0.3 is 4.90 Å². The summed E-state index contributed by atoms with van der Waals surface area (Å²) < 4.78 is 26.2. The number of halogens is 1. The summed E-state index contributed by atoms with van der Waals surface area (Å²) >= 11 is 5.52. The number of unbranched alkanes of at least 4 members (excludes halogenated alkanes) is 1. The first-order valence-corrected chi connectivity index (χ1v) is 8.42. The molecule has 1 aromatic carbocycles. The van der Waals surface area contributed by atoms with Crippen LogP contribution in [-0.2, 0) is 10.0 Å². The third-order valence-corrected chi connectivity index (χ3v) is 4.23. The van der Waals surface area contributed by atoms with Crippen LogP contribution in [0.25, 0.3) is 0 Å².